The summed E-state index contributed by atoms with van der Waals surface area (Å²) in [5.41, 5.74) is 3.35. The maximum absolute atomic E-state index is 12.4. The van der Waals surface area contributed by atoms with Crippen LogP contribution in [0.4, 0.5) is 0 Å². The molecule has 0 fully saturated rings. The standard InChI is InChI=1S/C22H26O3/c1-3-4-5-6-10-13-19-16(2)25-22(23)20-18(15-24-21(19)20)14-17-11-8-7-9-12-17/h7-9,11-12,14H,3-6,10,13,15H2,1-2H3/b18-14+. The second-order valence-corrected chi connectivity index (χ2v) is 6.66. The van der Waals surface area contributed by atoms with Crippen molar-refractivity contribution in [2.24, 2.45) is 0 Å². The van der Waals surface area contributed by atoms with Gasteiger partial charge in [-0.3, -0.25) is 0 Å². The quantitative estimate of drug-likeness (QED) is 0.635. The summed E-state index contributed by atoms with van der Waals surface area (Å²) >= 11 is 0. The smallest absolute Gasteiger partial charge is 0.347 e. The molecule has 1 aromatic carbocycles. The molecule has 1 aromatic heterocycles. The van der Waals surface area contributed by atoms with E-state index in [1.54, 1.807) is 0 Å². The molecule has 25 heavy (non-hydrogen) atoms. The Balaban J connectivity index is 1.86. The van der Waals surface area contributed by atoms with Gasteiger partial charge < -0.3 is 9.15 Å². The lowest BCUT2D eigenvalue weighted by atomic mass is 10.00. The van der Waals surface area contributed by atoms with Gasteiger partial charge in [-0.1, -0.05) is 62.9 Å². The van der Waals surface area contributed by atoms with Crippen LogP contribution in [0.25, 0.3) is 11.6 Å². The lowest BCUT2D eigenvalue weighted by Gasteiger charge is -2.09. The molecule has 2 heterocycles. The molecular formula is C22H26O3. The highest BCUT2D eigenvalue weighted by Gasteiger charge is 2.27. The van der Waals surface area contributed by atoms with E-state index in [0.29, 0.717) is 17.9 Å². The predicted molar refractivity (Wildman–Crippen MR) is 102 cm³/mol. The minimum Gasteiger partial charge on any atom is -0.488 e. The van der Waals surface area contributed by atoms with E-state index in [1.165, 1.54) is 25.7 Å². The van der Waals surface area contributed by atoms with Gasteiger partial charge in [-0.05, 0) is 31.4 Å². The number of fused-ring (bicyclic) bond motifs is 1. The van der Waals surface area contributed by atoms with Gasteiger partial charge in [0.1, 0.15) is 23.7 Å². The Morgan fingerprint density at radius 1 is 1.08 bits per heavy atom. The topological polar surface area (TPSA) is 39.4 Å². The molecule has 0 atom stereocenters. The van der Waals surface area contributed by atoms with E-state index in [2.05, 4.69) is 6.92 Å². The van der Waals surface area contributed by atoms with Crippen LogP contribution in [0.3, 0.4) is 0 Å². The van der Waals surface area contributed by atoms with Gasteiger partial charge >= 0.3 is 5.63 Å². The first kappa shape index (κ1) is 17.5. The van der Waals surface area contributed by atoms with Gasteiger partial charge in [-0.25, -0.2) is 4.79 Å². The van der Waals surface area contributed by atoms with Crippen molar-refractivity contribution in [3.05, 3.63) is 63.2 Å². The highest BCUT2D eigenvalue weighted by molar-refractivity contribution is 5.87. The largest absolute Gasteiger partial charge is 0.488 e. The molecule has 3 heteroatoms. The SMILES string of the molecule is CCCCCCCc1c(C)oc(=O)c2c1OC/C2=C\c1ccccc1. The molecule has 132 valence electrons. The third-order valence-corrected chi connectivity index (χ3v) is 4.74. The molecule has 1 aliphatic rings. The van der Waals surface area contributed by atoms with E-state index in [0.717, 1.165) is 35.3 Å². The molecule has 1 aliphatic heterocycles. The van der Waals surface area contributed by atoms with E-state index in [4.69, 9.17) is 9.15 Å². The zero-order valence-corrected chi connectivity index (χ0v) is 15.1. The van der Waals surface area contributed by atoms with Crippen molar-refractivity contribution in [3.8, 4) is 5.75 Å². The van der Waals surface area contributed by atoms with E-state index in [9.17, 15) is 4.79 Å². The highest BCUT2D eigenvalue weighted by atomic mass is 16.5. The molecular weight excluding hydrogens is 312 g/mol. The molecule has 0 unspecified atom stereocenters. The van der Waals surface area contributed by atoms with Crippen LogP contribution in [0.1, 0.15) is 61.5 Å². The first-order valence-corrected chi connectivity index (χ1v) is 9.26. The minimum absolute atomic E-state index is 0.290. The number of benzene rings is 1. The fourth-order valence-corrected chi connectivity index (χ4v) is 3.37. The monoisotopic (exact) mass is 338 g/mol. The van der Waals surface area contributed by atoms with Crippen LogP contribution in [0.2, 0.25) is 0 Å². The lowest BCUT2D eigenvalue weighted by Crippen LogP contribution is -2.08. The van der Waals surface area contributed by atoms with Crippen LogP contribution >= 0.6 is 0 Å². The average molecular weight is 338 g/mol. The Kier molecular flexibility index (Phi) is 5.75. The first-order chi connectivity index (χ1) is 12.2. The number of hydrogen-bond acceptors (Lipinski definition) is 3. The van der Waals surface area contributed by atoms with E-state index in [1.807, 2.05) is 43.3 Å². The summed E-state index contributed by atoms with van der Waals surface area (Å²) in [6, 6.07) is 10.0. The molecule has 3 nitrogen and oxygen atoms in total. The van der Waals surface area contributed by atoms with Crippen LogP contribution in [0.15, 0.2) is 39.5 Å². The highest BCUT2D eigenvalue weighted by Crippen LogP contribution is 2.37. The number of rotatable bonds is 7. The summed E-state index contributed by atoms with van der Waals surface area (Å²) in [6.45, 7) is 4.52. The van der Waals surface area contributed by atoms with Crippen molar-refractivity contribution in [1.29, 1.82) is 0 Å². The van der Waals surface area contributed by atoms with E-state index < -0.39 is 0 Å². The second-order valence-electron chi connectivity index (χ2n) is 6.66. The Morgan fingerprint density at radius 2 is 1.84 bits per heavy atom. The second kappa shape index (κ2) is 8.19. The number of unbranched alkanes of at least 4 members (excludes halogenated alkanes) is 4. The molecule has 0 bridgehead atoms. The molecule has 0 saturated carbocycles. The van der Waals surface area contributed by atoms with Gasteiger partial charge in [-0.2, -0.15) is 0 Å². The first-order valence-electron chi connectivity index (χ1n) is 9.26. The maximum atomic E-state index is 12.4. The van der Waals surface area contributed by atoms with Crippen molar-refractivity contribution in [2.75, 3.05) is 6.61 Å². The Morgan fingerprint density at radius 3 is 2.60 bits per heavy atom. The molecule has 0 aliphatic carbocycles. The summed E-state index contributed by atoms with van der Waals surface area (Å²) in [4.78, 5) is 12.4. The zero-order chi connectivity index (χ0) is 17.6. The van der Waals surface area contributed by atoms with Gasteiger partial charge in [0.2, 0.25) is 0 Å². The molecule has 0 radical (unpaired) electrons. The fraction of sp³-hybridized carbons (Fsp3) is 0.409. The Hall–Kier alpha value is -2.29. The normalized spacial score (nSPS) is 14.6. The number of aryl methyl sites for hydroxylation is 1. The number of ether oxygens (including phenoxy) is 1. The number of hydrogen-bond donors (Lipinski definition) is 0. The van der Waals surface area contributed by atoms with Crippen LogP contribution < -0.4 is 10.4 Å². The summed E-state index contributed by atoms with van der Waals surface area (Å²) in [5.74, 6) is 1.44. The molecule has 3 rings (SSSR count). The van der Waals surface area contributed by atoms with Crippen LogP contribution in [-0.2, 0) is 6.42 Å². The van der Waals surface area contributed by atoms with Crippen molar-refractivity contribution in [2.45, 2.75) is 52.4 Å². The maximum Gasteiger partial charge on any atom is 0.347 e. The van der Waals surface area contributed by atoms with E-state index in [-0.39, 0.29) is 5.63 Å². The average Bonchev–Trinajstić information content (AvgIpc) is 3.02. The third kappa shape index (κ3) is 4.04. The Labute approximate surface area is 149 Å². The van der Waals surface area contributed by atoms with Gasteiger partial charge in [0, 0.05) is 11.1 Å². The zero-order valence-electron chi connectivity index (χ0n) is 15.1. The molecule has 0 spiro atoms. The fourth-order valence-electron chi connectivity index (χ4n) is 3.37. The van der Waals surface area contributed by atoms with Gasteiger partial charge in [-0.15, -0.1) is 0 Å². The van der Waals surface area contributed by atoms with Crippen molar-refractivity contribution in [1.82, 2.24) is 0 Å². The summed E-state index contributed by atoms with van der Waals surface area (Å²) in [6.07, 6.45) is 9.00. The molecule has 0 saturated heterocycles. The molecule has 0 N–H and O–H groups in total. The molecule has 0 amide bonds. The van der Waals surface area contributed by atoms with Crippen LogP contribution in [-0.4, -0.2) is 6.61 Å². The summed E-state index contributed by atoms with van der Waals surface area (Å²) < 4.78 is 11.4. The van der Waals surface area contributed by atoms with E-state index >= 15 is 0 Å². The van der Waals surface area contributed by atoms with Crippen molar-refractivity contribution < 1.29 is 9.15 Å². The predicted octanol–water partition coefficient (Wildman–Crippen LogP) is 5.39. The van der Waals surface area contributed by atoms with Crippen molar-refractivity contribution >= 4 is 11.6 Å². The van der Waals surface area contributed by atoms with Crippen LogP contribution in [0, 0.1) is 6.92 Å². The summed E-state index contributed by atoms with van der Waals surface area (Å²) in [5, 5.41) is 0. The lowest BCUT2D eigenvalue weighted by molar-refractivity contribution is 0.373. The minimum atomic E-state index is -0.290. The van der Waals surface area contributed by atoms with Crippen LogP contribution in [0.5, 0.6) is 5.75 Å². The van der Waals surface area contributed by atoms with Gasteiger partial charge in [0.25, 0.3) is 0 Å². The van der Waals surface area contributed by atoms with Gasteiger partial charge in [0.15, 0.2) is 0 Å². The third-order valence-electron chi connectivity index (χ3n) is 4.74. The summed E-state index contributed by atoms with van der Waals surface area (Å²) in [7, 11) is 0. The van der Waals surface area contributed by atoms with Gasteiger partial charge in [0.05, 0.1) is 0 Å². The van der Waals surface area contributed by atoms with Crippen molar-refractivity contribution in [3.63, 3.8) is 0 Å². The molecule has 2 aromatic rings. The Bertz CT molecular complexity index is 800.